The Hall–Kier alpha value is -0.940. The van der Waals surface area contributed by atoms with Gasteiger partial charge < -0.3 is 10.1 Å². The minimum absolute atomic E-state index is 0.191. The Morgan fingerprint density at radius 1 is 1.35 bits per heavy atom. The van der Waals surface area contributed by atoms with Crippen LogP contribution in [0.1, 0.15) is 45.3 Å². The molecule has 0 aliphatic heterocycles. The zero-order chi connectivity index (χ0) is 12.5. The van der Waals surface area contributed by atoms with Gasteiger partial charge in [-0.3, -0.25) is 0 Å². The van der Waals surface area contributed by atoms with Gasteiger partial charge in [0.1, 0.15) is 0 Å². The van der Waals surface area contributed by atoms with E-state index in [9.17, 15) is 0 Å². The van der Waals surface area contributed by atoms with Crippen LogP contribution in [0.25, 0.3) is 0 Å². The van der Waals surface area contributed by atoms with Crippen LogP contribution < -0.4 is 5.32 Å². The van der Waals surface area contributed by atoms with E-state index in [1.54, 1.807) is 0 Å². The van der Waals surface area contributed by atoms with Crippen LogP contribution in [0.5, 0.6) is 0 Å². The van der Waals surface area contributed by atoms with Gasteiger partial charge in [-0.15, -0.1) is 5.10 Å². The van der Waals surface area contributed by atoms with Crippen LogP contribution in [-0.2, 0) is 11.3 Å². The fraction of sp³-hybridized carbons (Fsp3) is 0.833. The molecule has 1 rings (SSSR count). The van der Waals surface area contributed by atoms with Crippen molar-refractivity contribution in [2.75, 3.05) is 19.8 Å². The second kappa shape index (κ2) is 8.20. The van der Waals surface area contributed by atoms with Crippen LogP contribution in [0.15, 0.2) is 6.20 Å². The fourth-order valence-corrected chi connectivity index (χ4v) is 1.72. The summed E-state index contributed by atoms with van der Waals surface area (Å²) in [7, 11) is 0. The standard InChI is InChI=1S/C12H24N4O/c1-4-7-13-11(10-17-6-3)12-9-14-15-16(12)8-5-2/h9,11,13H,4-8,10H2,1-3H3. The molecule has 5 heteroatoms. The maximum Gasteiger partial charge on any atom is 0.0780 e. The number of aryl methyl sites for hydroxylation is 1. The number of ether oxygens (including phenoxy) is 1. The monoisotopic (exact) mass is 240 g/mol. The lowest BCUT2D eigenvalue weighted by Crippen LogP contribution is -2.28. The van der Waals surface area contributed by atoms with Crippen molar-refractivity contribution in [1.82, 2.24) is 20.3 Å². The molecule has 1 unspecified atom stereocenters. The van der Waals surface area contributed by atoms with Gasteiger partial charge in [0.05, 0.1) is 24.5 Å². The predicted molar refractivity (Wildman–Crippen MR) is 67.8 cm³/mol. The molecular formula is C12H24N4O. The molecule has 1 N–H and O–H groups in total. The first-order valence-electron chi connectivity index (χ1n) is 6.52. The van der Waals surface area contributed by atoms with Crippen molar-refractivity contribution in [3.05, 3.63) is 11.9 Å². The highest BCUT2D eigenvalue weighted by molar-refractivity contribution is 5.02. The van der Waals surface area contributed by atoms with Crippen LogP contribution in [0.4, 0.5) is 0 Å². The van der Waals surface area contributed by atoms with E-state index in [4.69, 9.17) is 4.74 Å². The summed E-state index contributed by atoms with van der Waals surface area (Å²) >= 11 is 0. The summed E-state index contributed by atoms with van der Waals surface area (Å²) in [6.07, 6.45) is 4.01. The van der Waals surface area contributed by atoms with Crippen LogP contribution in [0, 0.1) is 0 Å². The molecule has 17 heavy (non-hydrogen) atoms. The maximum atomic E-state index is 5.52. The van der Waals surface area contributed by atoms with Gasteiger partial charge in [0, 0.05) is 13.2 Å². The lowest BCUT2D eigenvalue weighted by molar-refractivity contribution is 0.120. The quantitative estimate of drug-likeness (QED) is 0.714. The summed E-state index contributed by atoms with van der Waals surface area (Å²) in [5, 5.41) is 11.6. The Morgan fingerprint density at radius 2 is 2.18 bits per heavy atom. The molecule has 0 fully saturated rings. The highest BCUT2D eigenvalue weighted by atomic mass is 16.5. The van der Waals surface area contributed by atoms with Crippen LogP contribution in [0.2, 0.25) is 0 Å². The second-order valence-corrected chi connectivity index (χ2v) is 4.05. The molecular weight excluding hydrogens is 216 g/mol. The number of nitrogens with one attached hydrogen (secondary N) is 1. The molecule has 1 aromatic heterocycles. The smallest absolute Gasteiger partial charge is 0.0780 e. The highest BCUT2D eigenvalue weighted by Gasteiger charge is 2.16. The minimum Gasteiger partial charge on any atom is -0.380 e. The third kappa shape index (κ3) is 4.44. The van der Waals surface area contributed by atoms with Crippen LogP contribution in [0.3, 0.4) is 0 Å². The van der Waals surface area contributed by atoms with Gasteiger partial charge in [-0.25, -0.2) is 4.68 Å². The molecule has 5 nitrogen and oxygen atoms in total. The molecule has 0 aliphatic rings. The zero-order valence-corrected chi connectivity index (χ0v) is 11.1. The number of hydrogen-bond acceptors (Lipinski definition) is 4. The summed E-state index contributed by atoms with van der Waals surface area (Å²) in [5.74, 6) is 0. The maximum absolute atomic E-state index is 5.52. The Kier molecular flexibility index (Phi) is 6.81. The van der Waals surface area contributed by atoms with E-state index < -0.39 is 0 Å². The molecule has 0 spiro atoms. The van der Waals surface area contributed by atoms with Crippen molar-refractivity contribution in [2.24, 2.45) is 0 Å². The van der Waals surface area contributed by atoms with Gasteiger partial charge in [0.15, 0.2) is 0 Å². The number of nitrogens with zero attached hydrogens (tertiary/aromatic N) is 3. The molecule has 98 valence electrons. The number of hydrogen-bond donors (Lipinski definition) is 1. The van der Waals surface area contributed by atoms with Crippen LogP contribution >= 0.6 is 0 Å². The van der Waals surface area contributed by atoms with Crippen molar-refractivity contribution < 1.29 is 4.74 Å². The molecule has 1 atom stereocenters. The fourth-order valence-electron chi connectivity index (χ4n) is 1.72. The summed E-state index contributed by atoms with van der Waals surface area (Å²) in [4.78, 5) is 0. The Labute approximate surface area is 104 Å². The topological polar surface area (TPSA) is 52.0 Å². The third-order valence-corrected chi connectivity index (χ3v) is 2.57. The normalized spacial score (nSPS) is 12.9. The van der Waals surface area contributed by atoms with E-state index in [-0.39, 0.29) is 6.04 Å². The Morgan fingerprint density at radius 3 is 2.82 bits per heavy atom. The first-order valence-corrected chi connectivity index (χ1v) is 6.52. The summed E-state index contributed by atoms with van der Waals surface area (Å²) in [6, 6.07) is 0.191. The van der Waals surface area contributed by atoms with Crippen molar-refractivity contribution in [1.29, 1.82) is 0 Å². The predicted octanol–water partition coefficient (Wildman–Crippen LogP) is 1.77. The van der Waals surface area contributed by atoms with Crippen molar-refractivity contribution in [2.45, 2.75) is 46.2 Å². The Balaban J connectivity index is 2.68. The third-order valence-electron chi connectivity index (χ3n) is 2.57. The van der Waals surface area contributed by atoms with Crippen molar-refractivity contribution in [3.63, 3.8) is 0 Å². The van der Waals surface area contributed by atoms with Gasteiger partial charge in [0.25, 0.3) is 0 Å². The second-order valence-electron chi connectivity index (χ2n) is 4.05. The van der Waals surface area contributed by atoms with Gasteiger partial charge in [0.2, 0.25) is 0 Å². The molecule has 0 saturated carbocycles. The van der Waals surface area contributed by atoms with E-state index in [2.05, 4.69) is 29.5 Å². The average Bonchev–Trinajstić information content (AvgIpc) is 2.78. The number of aromatic nitrogens is 3. The number of rotatable bonds is 9. The molecule has 0 radical (unpaired) electrons. The van der Waals surface area contributed by atoms with E-state index in [1.807, 2.05) is 17.8 Å². The molecule has 0 bridgehead atoms. The van der Waals surface area contributed by atoms with Gasteiger partial charge >= 0.3 is 0 Å². The Bertz CT molecular complexity index is 292. The molecule has 1 heterocycles. The molecule has 0 saturated heterocycles. The molecule has 0 aromatic carbocycles. The summed E-state index contributed by atoms with van der Waals surface area (Å²) in [6.45, 7) is 9.61. The van der Waals surface area contributed by atoms with E-state index in [0.717, 1.165) is 38.2 Å². The van der Waals surface area contributed by atoms with E-state index in [0.29, 0.717) is 6.61 Å². The van der Waals surface area contributed by atoms with Gasteiger partial charge in [-0.1, -0.05) is 19.1 Å². The van der Waals surface area contributed by atoms with Gasteiger partial charge in [-0.05, 0) is 26.3 Å². The van der Waals surface area contributed by atoms with E-state index >= 15 is 0 Å². The first-order chi connectivity index (χ1) is 8.33. The zero-order valence-electron chi connectivity index (χ0n) is 11.1. The minimum atomic E-state index is 0.191. The van der Waals surface area contributed by atoms with Crippen molar-refractivity contribution >= 4 is 0 Å². The molecule has 0 aliphatic carbocycles. The molecule has 0 amide bonds. The van der Waals surface area contributed by atoms with Gasteiger partial charge in [-0.2, -0.15) is 0 Å². The summed E-state index contributed by atoms with van der Waals surface area (Å²) < 4.78 is 7.48. The van der Waals surface area contributed by atoms with Crippen molar-refractivity contribution in [3.8, 4) is 0 Å². The SMILES string of the molecule is CCCNC(COCC)c1cnnn1CCC. The average molecular weight is 240 g/mol. The molecule has 1 aromatic rings. The highest BCUT2D eigenvalue weighted by Crippen LogP contribution is 2.12. The first kappa shape index (κ1) is 14.1. The van der Waals surface area contributed by atoms with Crippen LogP contribution in [-0.4, -0.2) is 34.8 Å². The largest absolute Gasteiger partial charge is 0.380 e. The lowest BCUT2D eigenvalue weighted by Gasteiger charge is -2.18. The lowest BCUT2D eigenvalue weighted by atomic mass is 10.2. The summed E-state index contributed by atoms with van der Waals surface area (Å²) in [5.41, 5.74) is 1.12. The van der Waals surface area contributed by atoms with E-state index in [1.165, 1.54) is 0 Å².